The van der Waals surface area contributed by atoms with Crippen molar-refractivity contribution in [1.82, 2.24) is 0 Å². The van der Waals surface area contributed by atoms with Crippen molar-refractivity contribution in [2.75, 3.05) is 12.5 Å². The summed E-state index contributed by atoms with van der Waals surface area (Å²) in [6, 6.07) is 9.34. The van der Waals surface area contributed by atoms with Crippen molar-refractivity contribution in [1.29, 1.82) is 0 Å². The van der Waals surface area contributed by atoms with E-state index in [1.54, 1.807) is 0 Å². The van der Waals surface area contributed by atoms with Crippen LogP contribution in [0.2, 0.25) is 0 Å². The number of benzene rings is 1. The van der Waals surface area contributed by atoms with Gasteiger partial charge >= 0.3 is 5.97 Å². The molecule has 1 unspecified atom stereocenters. The predicted octanol–water partition coefficient (Wildman–Crippen LogP) is 3.05. The monoisotopic (exact) mass is 256 g/mol. The van der Waals surface area contributed by atoms with E-state index in [2.05, 4.69) is 0 Å². The second-order valence-corrected chi connectivity index (χ2v) is 4.23. The van der Waals surface area contributed by atoms with Gasteiger partial charge in [-0.05, 0) is 5.56 Å². The van der Waals surface area contributed by atoms with Crippen LogP contribution in [0.4, 0.5) is 0 Å². The topological polar surface area (TPSA) is 26.3 Å². The van der Waals surface area contributed by atoms with E-state index < -0.39 is 0 Å². The molecule has 1 heterocycles. The van der Waals surface area contributed by atoms with Gasteiger partial charge < -0.3 is 4.74 Å². The van der Waals surface area contributed by atoms with Gasteiger partial charge in [0.1, 0.15) is 0 Å². The summed E-state index contributed by atoms with van der Waals surface area (Å²) in [6.45, 7) is 0.320. The Labute approximate surface area is 104 Å². The van der Waals surface area contributed by atoms with Gasteiger partial charge in [-0.15, -0.1) is 11.6 Å². The smallest absolute Gasteiger partial charge is 0.336 e. The molecule has 4 heteroatoms. The van der Waals surface area contributed by atoms with Gasteiger partial charge in [0.15, 0.2) is 0 Å². The molecule has 1 aliphatic heterocycles. The molecule has 2 rings (SSSR count). The van der Waals surface area contributed by atoms with E-state index in [9.17, 15) is 4.79 Å². The van der Waals surface area contributed by atoms with Crippen molar-refractivity contribution >= 4 is 34.2 Å². The van der Waals surface area contributed by atoms with Gasteiger partial charge in [0.25, 0.3) is 0 Å². The number of halogens is 2. The van der Waals surface area contributed by atoms with E-state index in [4.69, 9.17) is 27.9 Å². The Balaban J connectivity index is 2.43. The lowest BCUT2D eigenvalue weighted by atomic mass is 10.0. The molecule has 0 amide bonds. The maximum absolute atomic E-state index is 11.5. The molecule has 0 bridgehead atoms. The lowest BCUT2D eigenvalue weighted by molar-refractivity contribution is -0.135. The average molecular weight is 257 g/mol. The van der Waals surface area contributed by atoms with E-state index in [1.807, 2.05) is 30.3 Å². The first-order valence-electron chi connectivity index (χ1n) is 4.92. The highest BCUT2D eigenvalue weighted by atomic mass is 35.5. The number of alkyl halides is 1. The third-order valence-corrected chi connectivity index (χ3v) is 3.29. The standard InChI is InChI=1S/C12H10Cl2O2/c13-6-9-7-16-12(15)10(9)11(14)8-4-2-1-3-5-8/h1-5,9H,6-7H2/b11-10+. The predicted molar refractivity (Wildman–Crippen MR) is 64.4 cm³/mol. The highest BCUT2D eigenvalue weighted by Gasteiger charge is 2.32. The molecule has 1 atom stereocenters. The number of hydrogen-bond donors (Lipinski definition) is 0. The first-order chi connectivity index (χ1) is 7.74. The molecule has 1 aliphatic rings. The molecule has 0 aliphatic carbocycles. The van der Waals surface area contributed by atoms with Crippen LogP contribution in [-0.4, -0.2) is 18.5 Å². The number of cyclic esters (lactones) is 1. The van der Waals surface area contributed by atoms with E-state index in [0.717, 1.165) is 5.56 Å². The zero-order valence-electron chi connectivity index (χ0n) is 8.45. The lowest BCUT2D eigenvalue weighted by Crippen LogP contribution is -2.06. The molecule has 2 nitrogen and oxygen atoms in total. The van der Waals surface area contributed by atoms with Gasteiger partial charge in [-0.1, -0.05) is 41.9 Å². The molecule has 84 valence electrons. The number of rotatable bonds is 2. The summed E-state index contributed by atoms with van der Waals surface area (Å²) < 4.78 is 4.95. The maximum atomic E-state index is 11.5. The van der Waals surface area contributed by atoms with Crippen molar-refractivity contribution in [3.63, 3.8) is 0 Å². The Morgan fingerprint density at radius 3 is 2.69 bits per heavy atom. The lowest BCUT2D eigenvalue weighted by Gasteiger charge is -2.06. The van der Waals surface area contributed by atoms with Crippen molar-refractivity contribution in [2.24, 2.45) is 5.92 Å². The number of esters is 1. The zero-order chi connectivity index (χ0) is 11.5. The zero-order valence-corrected chi connectivity index (χ0v) is 9.96. The summed E-state index contributed by atoms with van der Waals surface area (Å²) >= 11 is 12.0. The minimum Gasteiger partial charge on any atom is -0.462 e. The molecule has 1 fully saturated rings. The van der Waals surface area contributed by atoms with Gasteiger partial charge in [0.2, 0.25) is 0 Å². The molecule has 0 spiro atoms. The van der Waals surface area contributed by atoms with Crippen molar-refractivity contribution in [2.45, 2.75) is 0 Å². The number of carbonyl (C=O) groups excluding carboxylic acids is 1. The van der Waals surface area contributed by atoms with E-state index in [-0.39, 0.29) is 11.9 Å². The molecule has 1 aromatic carbocycles. The Hall–Kier alpha value is -0.990. The van der Waals surface area contributed by atoms with Crippen LogP contribution < -0.4 is 0 Å². The summed E-state index contributed by atoms with van der Waals surface area (Å²) in [7, 11) is 0. The second kappa shape index (κ2) is 4.89. The molecule has 0 saturated carbocycles. The quantitative estimate of drug-likeness (QED) is 0.462. The molecule has 0 aromatic heterocycles. The summed E-state index contributed by atoms with van der Waals surface area (Å²) in [5, 5.41) is 0.439. The van der Waals surface area contributed by atoms with Gasteiger partial charge in [-0.3, -0.25) is 0 Å². The van der Waals surface area contributed by atoms with Crippen molar-refractivity contribution in [3.8, 4) is 0 Å². The molecular weight excluding hydrogens is 247 g/mol. The number of hydrogen-bond acceptors (Lipinski definition) is 2. The first kappa shape index (κ1) is 11.5. The summed E-state index contributed by atoms with van der Waals surface area (Å²) in [5.41, 5.74) is 1.30. The van der Waals surface area contributed by atoms with Crippen LogP contribution in [0.25, 0.3) is 5.03 Å². The Morgan fingerprint density at radius 1 is 1.38 bits per heavy atom. The maximum Gasteiger partial charge on any atom is 0.336 e. The van der Waals surface area contributed by atoms with Crippen LogP contribution in [0.5, 0.6) is 0 Å². The Morgan fingerprint density at radius 2 is 2.06 bits per heavy atom. The van der Waals surface area contributed by atoms with Gasteiger partial charge in [-0.2, -0.15) is 0 Å². The highest BCUT2D eigenvalue weighted by molar-refractivity contribution is 6.51. The summed E-state index contributed by atoms with van der Waals surface area (Å²) in [5.74, 6) is -0.134. The van der Waals surface area contributed by atoms with Crippen LogP contribution in [-0.2, 0) is 9.53 Å². The molecular formula is C12H10Cl2O2. The Bertz CT molecular complexity index is 426. The van der Waals surface area contributed by atoms with Crippen LogP contribution >= 0.6 is 23.2 Å². The van der Waals surface area contributed by atoms with Crippen molar-refractivity contribution in [3.05, 3.63) is 41.5 Å². The Kier molecular flexibility index (Phi) is 3.52. The third-order valence-electron chi connectivity index (χ3n) is 2.49. The van der Waals surface area contributed by atoms with E-state index in [1.165, 1.54) is 0 Å². The first-order valence-corrected chi connectivity index (χ1v) is 5.83. The van der Waals surface area contributed by atoms with Crippen LogP contribution in [0.3, 0.4) is 0 Å². The molecule has 1 aromatic rings. The van der Waals surface area contributed by atoms with Gasteiger partial charge in [-0.25, -0.2) is 4.79 Å². The van der Waals surface area contributed by atoms with Gasteiger partial charge in [0.05, 0.1) is 17.2 Å². The third kappa shape index (κ3) is 2.08. The molecule has 1 saturated heterocycles. The molecule has 16 heavy (non-hydrogen) atoms. The van der Waals surface area contributed by atoms with E-state index in [0.29, 0.717) is 23.1 Å². The average Bonchev–Trinajstić information content (AvgIpc) is 2.70. The fourth-order valence-corrected chi connectivity index (χ4v) is 2.24. The highest BCUT2D eigenvalue weighted by Crippen LogP contribution is 2.33. The second-order valence-electron chi connectivity index (χ2n) is 3.54. The van der Waals surface area contributed by atoms with Crippen LogP contribution in [0, 0.1) is 5.92 Å². The minimum atomic E-state index is -0.362. The van der Waals surface area contributed by atoms with E-state index >= 15 is 0 Å². The SMILES string of the molecule is O=C1OCC(CCl)/C1=C(\Cl)c1ccccc1. The number of ether oxygens (including phenoxy) is 1. The fourth-order valence-electron chi connectivity index (χ4n) is 1.63. The summed E-state index contributed by atoms with van der Waals surface area (Å²) in [6.07, 6.45) is 0. The number of carbonyl (C=O) groups is 1. The fraction of sp³-hybridized carbons (Fsp3) is 0.250. The largest absolute Gasteiger partial charge is 0.462 e. The van der Waals surface area contributed by atoms with Gasteiger partial charge in [0, 0.05) is 11.8 Å². The normalized spacial score (nSPS) is 23.1. The van der Waals surface area contributed by atoms with Crippen LogP contribution in [0.15, 0.2) is 35.9 Å². The van der Waals surface area contributed by atoms with Crippen molar-refractivity contribution < 1.29 is 9.53 Å². The van der Waals surface area contributed by atoms with Crippen LogP contribution in [0.1, 0.15) is 5.56 Å². The molecule has 0 radical (unpaired) electrons. The minimum absolute atomic E-state index is 0.109. The molecule has 0 N–H and O–H groups in total. The summed E-state index contributed by atoms with van der Waals surface area (Å²) in [4.78, 5) is 11.5.